The van der Waals surface area contributed by atoms with Crippen molar-refractivity contribution in [2.24, 2.45) is 7.05 Å². The Hall–Kier alpha value is -5.15. The van der Waals surface area contributed by atoms with Crippen LogP contribution in [0, 0.1) is 0 Å². The maximum Gasteiger partial charge on any atom is 0.313 e. The normalized spacial score (nSPS) is 30.9. The Kier molecular flexibility index (Phi) is 15.3. The van der Waals surface area contributed by atoms with Gasteiger partial charge in [0.05, 0.1) is 39.5 Å². The lowest BCUT2D eigenvalue weighted by Crippen LogP contribution is -2.53. The van der Waals surface area contributed by atoms with E-state index in [1.165, 1.54) is 29.6 Å². The Morgan fingerprint density at radius 1 is 0.766 bits per heavy atom. The Labute approximate surface area is 427 Å². The number of H-pyrrole nitrogens is 2. The molecule has 0 radical (unpaired) electrons. The Bertz CT molecular complexity index is 3540. The second kappa shape index (κ2) is 20.8. The molecule has 3 aliphatic rings. The quantitative estimate of drug-likeness (QED) is 0.0254. The summed E-state index contributed by atoms with van der Waals surface area (Å²) in [6.07, 6.45) is -14.7. The van der Waals surface area contributed by atoms with Crippen LogP contribution >= 0.6 is 31.3 Å². The van der Waals surface area contributed by atoms with Crippen LogP contribution in [0.1, 0.15) is 25.6 Å². The molecule has 9 heterocycles. The number of hydrogen-bond acceptors (Lipinski definition) is 33. The number of hydrogen-bond donors (Lipinski definition) is 9. The van der Waals surface area contributed by atoms with E-state index in [1.54, 1.807) is 0 Å². The molecule has 77 heavy (non-hydrogen) atoms. The molecule has 422 valence electrons. The third-order valence-corrected chi connectivity index (χ3v) is 17.2. The number of aryl methyl sites for hydroxylation is 1. The Morgan fingerprint density at radius 3 is 2.01 bits per heavy atom. The zero-order valence-electron chi connectivity index (χ0n) is 39.7. The number of nitrogens with two attached hydrogens (primary N) is 2. The van der Waals surface area contributed by atoms with Crippen molar-refractivity contribution in [1.82, 2.24) is 53.6 Å². The van der Waals surface area contributed by atoms with Crippen LogP contribution in [0.5, 0.6) is 0 Å². The molecule has 6 aromatic rings. The molecule has 0 aromatic carbocycles. The number of nitrogens with one attached hydrogen (secondary N) is 3. The van der Waals surface area contributed by atoms with Crippen LogP contribution in [0.2, 0.25) is 0 Å². The van der Waals surface area contributed by atoms with Crippen molar-refractivity contribution in [1.29, 1.82) is 0 Å². The monoisotopic (exact) mass is 1170 g/mol. The first-order valence-corrected chi connectivity index (χ1v) is 27.8. The zero-order valence-corrected chi connectivity index (χ0v) is 43.2. The first-order valence-electron chi connectivity index (χ1n) is 21.9. The highest BCUT2D eigenvalue weighted by Gasteiger charge is 2.56. The van der Waals surface area contributed by atoms with Gasteiger partial charge in [-0.25, -0.2) is 33.1 Å². The number of aromatic amines is 2. The van der Waals surface area contributed by atoms with Crippen LogP contribution in [-0.2, 0) is 71.0 Å². The predicted octanol–water partition coefficient (Wildman–Crippen LogP) is -6.39. The van der Waals surface area contributed by atoms with E-state index in [2.05, 4.69) is 58.3 Å². The molecular weight excluding hydrogens is 1130 g/mol. The van der Waals surface area contributed by atoms with Gasteiger partial charge in [-0.3, -0.25) is 51.5 Å². The van der Waals surface area contributed by atoms with Gasteiger partial charge in [0.25, 0.3) is 48.4 Å². The van der Waals surface area contributed by atoms with Crippen LogP contribution < -0.4 is 52.0 Å². The first kappa shape index (κ1) is 56.6. The molecule has 43 heteroatoms. The molecule has 39 nitrogen and oxygen atoms in total. The summed E-state index contributed by atoms with van der Waals surface area (Å²) in [6, 6.07) is 0. The highest BCUT2D eigenvalue weighted by molar-refractivity contribution is 7.65. The fraction of sp³-hybridized carbons (Fsp3) is 0.559. The lowest BCUT2D eigenvalue weighted by atomic mass is 9.96. The number of fused-ring (bicyclic) bond motifs is 3. The number of phosphoric acid groups is 4. The summed E-state index contributed by atoms with van der Waals surface area (Å²) in [5.74, 6) is -0.444. The smallest absolute Gasteiger partial charge is 0.313 e. The van der Waals surface area contributed by atoms with Crippen molar-refractivity contribution >= 4 is 82.5 Å². The minimum atomic E-state index is -6.60. The molecule has 0 aliphatic carbocycles. The van der Waals surface area contributed by atoms with E-state index in [0.717, 1.165) is 42.1 Å². The molecule has 0 bridgehead atoms. The standard InChI is InChI=1S/C34H47N15O24P4/c1-34(55)22(52)14(70-31(34)49-11-46(3)17-26(49)43-33(36)45-28(17)54)7-67-76(60,61)73-77(62,63)72-75(58,59)66-6-13-20(21(64-4)30(69-13)47-9-40-15-23(37-2)38-8-39-24(15)47)71-74(56,57)65-5-12-18(50)19(51)29(68-12)48-10-41-16-25(48)42-32(35)44-27(16)53/h8-14,18-22,29-31,50-52,55H,5-7H2,1-4H3,(H10-,35,36,37,38,39,42,43,44,45,53,54,56,57,58,59,60,61,62,63)/p-3/t12-,13-,14-,18?,19+,20?,21+,22+,29-,30-,31-,34?/m1/s1. The summed E-state index contributed by atoms with van der Waals surface area (Å²) < 4.78 is 107. The number of nitrogen functional groups attached to an aromatic ring is 2. The van der Waals surface area contributed by atoms with Gasteiger partial charge in [-0.05, 0) is 6.92 Å². The molecule has 16 atom stereocenters. The second-order valence-electron chi connectivity index (χ2n) is 17.2. The number of ether oxygens (including phenoxy) is 4. The molecule has 3 fully saturated rings. The van der Waals surface area contributed by atoms with Gasteiger partial charge in [0.2, 0.25) is 17.7 Å². The van der Waals surface area contributed by atoms with E-state index >= 15 is 0 Å². The highest BCUT2D eigenvalue weighted by Crippen LogP contribution is 2.63. The second-order valence-corrected chi connectivity index (χ2v) is 23.1. The number of methoxy groups -OCH3 is 1. The summed E-state index contributed by atoms with van der Waals surface area (Å²) in [5, 5.41) is 46.6. The van der Waals surface area contributed by atoms with Crippen molar-refractivity contribution in [2.75, 3.05) is 50.8 Å². The van der Waals surface area contributed by atoms with Gasteiger partial charge in [0, 0.05) is 14.2 Å². The minimum Gasteiger partial charge on any atom is -0.756 e. The zero-order chi connectivity index (χ0) is 55.9. The van der Waals surface area contributed by atoms with Crippen LogP contribution in [0.15, 0.2) is 34.9 Å². The van der Waals surface area contributed by atoms with Crippen LogP contribution in [-0.4, -0.2) is 162 Å². The average Bonchev–Trinajstić information content (AvgIpc) is 4.24. The molecule has 7 unspecified atom stereocenters. The van der Waals surface area contributed by atoms with Gasteiger partial charge in [-0.1, -0.05) is 4.98 Å². The molecule has 3 aliphatic heterocycles. The van der Waals surface area contributed by atoms with Gasteiger partial charge in [-0.15, -0.1) is 0 Å². The molecular formula is C34H44N15O24P4-3. The maximum atomic E-state index is 13.6. The van der Waals surface area contributed by atoms with Gasteiger partial charge in [0.15, 0.2) is 41.4 Å². The number of imidazole rings is 3. The summed E-state index contributed by atoms with van der Waals surface area (Å²) in [6.45, 7) is -2.66. The molecule has 6 aromatic heterocycles. The summed E-state index contributed by atoms with van der Waals surface area (Å²) in [4.78, 5) is 106. The van der Waals surface area contributed by atoms with Crippen LogP contribution in [0.25, 0.3) is 33.5 Å². The average molecular weight is 1170 g/mol. The number of nitrogens with zero attached hydrogens (tertiary/aromatic N) is 10. The van der Waals surface area contributed by atoms with Crippen molar-refractivity contribution in [3.05, 3.63) is 46.0 Å². The number of aliphatic hydroxyl groups excluding tert-OH is 3. The number of aromatic nitrogens is 12. The summed E-state index contributed by atoms with van der Waals surface area (Å²) in [7, 11) is -20.9. The first-order chi connectivity index (χ1) is 36.0. The fourth-order valence-electron chi connectivity index (χ4n) is 8.69. The van der Waals surface area contributed by atoms with E-state index in [4.69, 9.17) is 44.0 Å². The predicted molar refractivity (Wildman–Crippen MR) is 240 cm³/mol. The molecule has 11 N–H and O–H groups in total. The van der Waals surface area contributed by atoms with Crippen LogP contribution in [0.4, 0.5) is 17.7 Å². The Balaban J connectivity index is 0.873. The third-order valence-electron chi connectivity index (χ3n) is 12.1. The van der Waals surface area contributed by atoms with E-state index in [9.17, 15) is 67.8 Å². The van der Waals surface area contributed by atoms with Crippen molar-refractivity contribution in [3.63, 3.8) is 0 Å². The lowest BCUT2D eigenvalue weighted by molar-refractivity contribution is -0.752. The molecule has 3 saturated heterocycles. The van der Waals surface area contributed by atoms with Crippen molar-refractivity contribution < 1.29 is 108 Å². The topological polar surface area (TPSA) is 560 Å². The van der Waals surface area contributed by atoms with Crippen LogP contribution in [0.3, 0.4) is 0 Å². The van der Waals surface area contributed by atoms with Crippen molar-refractivity contribution in [2.45, 2.75) is 80.0 Å². The fourth-order valence-corrected chi connectivity index (χ4v) is 13.0. The number of phosphoric ester groups is 3. The summed E-state index contributed by atoms with van der Waals surface area (Å²) >= 11 is 0. The molecule has 0 spiro atoms. The number of rotatable bonds is 20. The number of aliphatic hydroxyl groups is 4. The lowest BCUT2D eigenvalue weighted by Gasteiger charge is -2.35. The number of anilines is 3. The van der Waals surface area contributed by atoms with E-state index < -0.39 is 135 Å². The van der Waals surface area contributed by atoms with E-state index in [0.29, 0.717) is 0 Å². The molecule has 9 rings (SSSR count). The Morgan fingerprint density at radius 2 is 1.35 bits per heavy atom. The molecule has 0 amide bonds. The van der Waals surface area contributed by atoms with Crippen molar-refractivity contribution in [3.8, 4) is 0 Å². The minimum absolute atomic E-state index is 0.0436. The molecule has 0 saturated carbocycles. The van der Waals surface area contributed by atoms with E-state index in [-0.39, 0.29) is 51.2 Å². The van der Waals surface area contributed by atoms with Gasteiger partial charge in [0.1, 0.15) is 66.3 Å². The van der Waals surface area contributed by atoms with E-state index in [1.807, 2.05) is 0 Å². The van der Waals surface area contributed by atoms with Gasteiger partial charge < -0.3 is 93.8 Å². The van der Waals surface area contributed by atoms with Gasteiger partial charge >= 0.3 is 5.65 Å². The third kappa shape index (κ3) is 11.1. The highest BCUT2D eigenvalue weighted by atomic mass is 31.3. The maximum absolute atomic E-state index is 13.6. The SMILES string of the molecule is CNc1ncnc2c1ncn2[C@@H]1O[C@H](COP(=O)([O-])OP(=O)([O-])OP(=O)([O-])OC[C@H]2O[C@@H]([n+]3cn(C)c4c(=O)[nH]c(N)nc43)C(C)(O)[C@H]2O)C(OP(=O)([O-])OC[C@H]2O[C@@H](n3cnc4c(=O)[nH]c(N)nc43)[C@@H](O)C2O)[C@@H]1OC. The summed E-state index contributed by atoms with van der Waals surface area (Å²) in [5.41, 5.74) is 7.22. The largest absolute Gasteiger partial charge is 0.756 e. The van der Waals surface area contributed by atoms with Gasteiger partial charge in [-0.2, -0.15) is 4.98 Å².